The van der Waals surface area contributed by atoms with Gasteiger partial charge in [-0.2, -0.15) is 4.58 Å². The molecule has 0 radical (unpaired) electrons. The Morgan fingerprint density at radius 2 is 1.15 bits per heavy atom. The maximum atomic E-state index is 13.7. The van der Waals surface area contributed by atoms with Crippen molar-refractivity contribution in [3.8, 4) is 0 Å². The molecule has 0 bridgehead atoms. The Hall–Kier alpha value is -6.00. The fourth-order valence-corrected chi connectivity index (χ4v) is 7.55. The van der Waals surface area contributed by atoms with Crippen molar-refractivity contribution in [2.45, 2.75) is 68.5 Å². The number of carbonyl (C=O) groups excluding carboxylic acids is 1. The zero-order valence-corrected chi connectivity index (χ0v) is 32.7. The molecule has 0 atom stereocenters. The molecule has 4 nitrogen and oxygen atoms in total. The fourth-order valence-electron chi connectivity index (χ4n) is 7.55. The number of benzene rings is 5. The molecule has 0 amide bonds. The van der Waals surface area contributed by atoms with Crippen molar-refractivity contribution in [1.82, 2.24) is 0 Å². The van der Waals surface area contributed by atoms with E-state index in [2.05, 4.69) is 138 Å². The zero-order chi connectivity index (χ0) is 38.3. The van der Waals surface area contributed by atoms with Gasteiger partial charge in [-0.25, -0.2) is 0 Å². The van der Waals surface area contributed by atoms with Gasteiger partial charge in [-0.05, 0) is 142 Å². The first-order valence-electron chi connectivity index (χ1n) is 18.7. The van der Waals surface area contributed by atoms with Gasteiger partial charge in [0.05, 0.1) is 0 Å². The highest BCUT2D eigenvalue weighted by atomic mass is 16.3. The minimum Gasteiger partial charge on any atom is -0.871 e. The lowest BCUT2D eigenvalue weighted by Crippen LogP contribution is -2.30. The standard InChI is InChI=1S/C50H48N2O2/c1-31-9-23-45(37(7)25-31)51(29-39-13-11-33(3)35(5)27-39)43-19-15-41(16-20-43)47-49(53)48(50(47)54)42-17-21-44(22-18-42)52(46-24-10-32(2)26-38(46)8)30-40-14-12-34(4)36(6)28-40/h9-28H,29-30H2,1-8H3. The SMILES string of the molecule is Cc1ccc(N(Cc2ccc(C)c(C)c2)c2ccc(C3=C([O-])C(=C4C=CC(=[N+](Cc5ccc(C)c(C)c5)c5ccc(C)cc5C)C=C4)C3=O)cc2)c(C)c1. The number of nitrogens with zero attached hydrogens (tertiary/aromatic N) is 2. The topological polar surface area (TPSA) is 46.4 Å². The predicted octanol–water partition coefficient (Wildman–Crippen LogP) is 10.6. The lowest BCUT2D eigenvalue weighted by atomic mass is 9.80. The van der Waals surface area contributed by atoms with E-state index in [-0.39, 0.29) is 22.7 Å². The van der Waals surface area contributed by atoms with Crippen molar-refractivity contribution >= 4 is 34.1 Å². The molecule has 5 aromatic carbocycles. The van der Waals surface area contributed by atoms with Crippen LogP contribution in [-0.2, 0) is 17.9 Å². The first kappa shape index (κ1) is 36.4. The van der Waals surface area contributed by atoms with Crippen molar-refractivity contribution < 1.29 is 14.5 Å². The summed E-state index contributed by atoms with van der Waals surface area (Å²) in [5, 5.41) is 13.7. The fraction of sp³-hybridized carbons (Fsp3) is 0.200. The Labute approximate surface area is 320 Å². The molecule has 0 heterocycles. The minimum atomic E-state index is -0.205. The Balaban J connectivity index is 1.19. The molecule has 0 N–H and O–H groups in total. The summed E-state index contributed by atoms with van der Waals surface area (Å²) in [7, 11) is 0. The molecule has 0 spiro atoms. The first-order valence-corrected chi connectivity index (χ1v) is 18.7. The summed E-state index contributed by atoms with van der Waals surface area (Å²) >= 11 is 0. The highest BCUT2D eigenvalue weighted by molar-refractivity contribution is 6.39. The van der Waals surface area contributed by atoms with Gasteiger partial charge in [0.1, 0.15) is 0 Å². The van der Waals surface area contributed by atoms with Gasteiger partial charge in [0, 0.05) is 58.4 Å². The summed E-state index contributed by atoms with van der Waals surface area (Å²) in [6.07, 6.45) is 7.86. The van der Waals surface area contributed by atoms with E-state index in [9.17, 15) is 9.90 Å². The first-order chi connectivity index (χ1) is 25.9. The second-order valence-corrected chi connectivity index (χ2v) is 15.1. The second-order valence-electron chi connectivity index (χ2n) is 15.1. The van der Waals surface area contributed by atoms with Crippen molar-refractivity contribution in [3.63, 3.8) is 0 Å². The molecule has 7 rings (SSSR count). The van der Waals surface area contributed by atoms with Crippen LogP contribution in [0.4, 0.5) is 17.1 Å². The van der Waals surface area contributed by atoms with Gasteiger partial charge in [-0.3, -0.25) is 4.79 Å². The molecule has 54 heavy (non-hydrogen) atoms. The quantitative estimate of drug-likeness (QED) is 0.119. The monoisotopic (exact) mass is 708 g/mol. The number of rotatable bonds is 8. The molecule has 2 aliphatic rings. The summed E-state index contributed by atoms with van der Waals surface area (Å²) < 4.78 is 2.30. The third-order valence-electron chi connectivity index (χ3n) is 11.0. The predicted molar refractivity (Wildman–Crippen MR) is 222 cm³/mol. The van der Waals surface area contributed by atoms with Crippen LogP contribution in [0.15, 0.2) is 138 Å². The van der Waals surface area contributed by atoms with E-state index in [1.54, 1.807) is 0 Å². The highest BCUT2D eigenvalue weighted by Gasteiger charge is 2.31. The average Bonchev–Trinajstić information content (AvgIpc) is 3.14. The third-order valence-corrected chi connectivity index (χ3v) is 11.0. The molecule has 5 aromatic rings. The van der Waals surface area contributed by atoms with E-state index in [0.717, 1.165) is 22.8 Å². The summed E-state index contributed by atoms with van der Waals surface area (Å²) in [5.41, 5.74) is 18.4. The number of Topliss-reactive ketones (excluding diaryl/α,β-unsaturated/α-hetero) is 1. The summed E-state index contributed by atoms with van der Waals surface area (Å²) in [5.74, 6) is -0.411. The Morgan fingerprint density at radius 1 is 0.556 bits per heavy atom. The van der Waals surface area contributed by atoms with Crippen LogP contribution in [0.3, 0.4) is 0 Å². The van der Waals surface area contributed by atoms with Crippen molar-refractivity contribution in [1.29, 1.82) is 0 Å². The molecule has 0 unspecified atom stereocenters. The van der Waals surface area contributed by atoms with E-state index >= 15 is 0 Å². The second kappa shape index (κ2) is 14.8. The summed E-state index contributed by atoms with van der Waals surface area (Å²) in [6.45, 7) is 18.4. The number of carbonyl (C=O) groups is 1. The molecule has 0 saturated heterocycles. The van der Waals surface area contributed by atoms with Crippen LogP contribution in [0.5, 0.6) is 0 Å². The number of anilines is 2. The Bertz CT molecular complexity index is 2470. The molecule has 0 aliphatic heterocycles. The molecule has 2 aliphatic carbocycles. The summed E-state index contributed by atoms with van der Waals surface area (Å²) in [6, 6.07) is 34.1. The molecule has 4 heteroatoms. The van der Waals surface area contributed by atoms with Gasteiger partial charge in [-0.1, -0.05) is 77.5 Å². The smallest absolute Gasteiger partial charge is 0.208 e. The van der Waals surface area contributed by atoms with E-state index < -0.39 is 0 Å². The van der Waals surface area contributed by atoms with Gasteiger partial charge in [0.15, 0.2) is 12.3 Å². The van der Waals surface area contributed by atoms with Crippen LogP contribution in [0.1, 0.15) is 61.2 Å². The minimum absolute atomic E-state index is 0.205. The summed E-state index contributed by atoms with van der Waals surface area (Å²) in [4.78, 5) is 16.0. The van der Waals surface area contributed by atoms with Gasteiger partial charge in [-0.15, -0.1) is 0 Å². The van der Waals surface area contributed by atoms with E-state index in [1.807, 2.05) is 48.6 Å². The van der Waals surface area contributed by atoms with Crippen LogP contribution in [0.2, 0.25) is 0 Å². The number of aryl methyl sites for hydroxylation is 8. The third kappa shape index (κ3) is 7.17. The zero-order valence-electron chi connectivity index (χ0n) is 32.7. The molecule has 0 fully saturated rings. The van der Waals surface area contributed by atoms with Crippen molar-refractivity contribution in [3.05, 3.63) is 199 Å². The Kier molecular flexibility index (Phi) is 9.96. The number of hydrogen-bond acceptors (Lipinski definition) is 3. The van der Waals surface area contributed by atoms with Gasteiger partial charge in [0.25, 0.3) is 0 Å². The molecular formula is C50H48N2O2. The van der Waals surface area contributed by atoms with Crippen LogP contribution < -0.4 is 10.0 Å². The Morgan fingerprint density at radius 3 is 1.74 bits per heavy atom. The number of allylic oxidation sites excluding steroid dienone is 7. The maximum absolute atomic E-state index is 13.7. The molecular weight excluding hydrogens is 661 g/mol. The molecule has 0 saturated carbocycles. The van der Waals surface area contributed by atoms with Crippen molar-refractivity contribution in [2.75, 3.05) is 4.90 Å². The number of ketones is 1. The normalized spacial score (nSPS) is 13.9. The van der Waals surface area contributed by atoms with Crippen LogP contribution >= 0.6 is 0 Å². The van der Waals surface area contributed by atoms with E-state index in [4.69, 9.17) is 0 Å². The highest BCUT2D eigenvalue weighted by Crippen LogP contribution is 2.39. The lowest BCUT2D eigenvalue weighted by Gasteiger charge is -2.33. The maximum Gasteiger partial charge on any atom is 0.208 e. The van der Waals surface area contributed by atoms with Gasteiger partial charge in [0.2, 0.25) is 11.4 Å². The number of hydrogen-bond donors (Lipinski definition) is 0. The van der Waals surface area contributed by atoms with Crippen LogP contribution in [0, 0.1) is 55.4 Å². The van der Waals surface area contributed by atoms with Crippen LogP contribution in [-0.4, -0.2) is 16.1 Å². The average molecular weight is 709 g/mol. The molecule has 0 aromatic heterocycles. The van der Waals surface area contributed by atoms with Crippen LogP contribution in [0.25, 0.3) is 5.57 Å². The largest absolute Gasteiger partial charge is 0.871 e. The lowest BCUT2D eigenvalue weighted by molar-refractivity contribution is -0.456. The van der Waals surface area contributed by atoms with Gasteiger partial charge < -0.3 is 10.0 Å². The van der Waals surface area contributed by atoms with E-state index in [0.29, 0.717) is 24.2 Å². The molecule has 270 valence electrons. The van der Waals surface area contributed by atoms with Gasteiger partial charge >= 0.3 is 0 Å². The van der Waals surface area contributed by atoms with E-state index in [1.165, 1.54) is 55.6 Å². The van der Waals surface area contributed by atoms with Crippen molar-refractivity contribution in [2.24, 2.45) is 0 Å².